The highest BCUT2D eigenvalue weighted by Gasteiger charge is 2.36. The average Bonchev–Trinajstić information content (AvgIpc) is 2.59. The zero-order chi connectivity index (χ0) is 20.2. The molecule has 1 N–H and O–H groups in total. The summed E-state index contributed by atoms with van der Waals surface area (Å²) in [6.45, 7) is 0.410. The molecule has 0 aliphatic carbocycles. The van der Waals surface area contributed by atoms with Gasteiger partial charge >= 0.3 is 6.18 Å². The topological polar surface area (TPSA) is 93.5 Å². The Morgan fingerprint density at radius 2 is 1.89 bits per heavy atom. The summed E-state index contributed by atoms with van der Waals surface area (Å²) < 4.78 is 65.2. The lowest BCUT2D eigenvalue weighted by Crippen LogP contribution is -2.51. The van der Waals surface area contributed by atoms with Crippen LogP contribution >= 0.6 is 11.6 Å². The van der Waals surface area contributed by atoms with Gasteiger partial charge in [0, 0.05) is 26.2 Å². The van der Waals surface area contributed by atoms with Crippen molar-refractivity contribution in [3.63, 3.8) is 0 Å². The molecular weight excluding hydrogens is 409 g/mol. The SMILES string of the molecule is N#CCNC(=O)CN1CCN(S(=O)(=O)c2ccc(Cl)c(C(F)(F)F)c2)CC1. The highest BCUT2D eigenvalue weighted by atomic mass is 35.5. The number of carbonyl (C=O) groups excluding carboxylic acids is 1. The van der Waals surface area contributed by atoms with E-state index in [1.807, 2.05) is 0 Å². The summed E-state index contributed by atoms with van der Waals surface area (Å²) in [5.41, 5.74) is -1.21. The fourth-order valence-electron chi connectivity index (χ4n) is 2.56. The van der Waals surface area contributed by atoms with Gasteiger partial charge in [-0.05, 0) is 18.2 Å². The number of halogens is 4. The molecule has 1 saturated heterocycles. The molecule has 0 radical (unpaired) electrons. The van der Waals surface area contributed by atoms with E-state index in [-0.39, 0.29) is 45.2 Å². The van der Waals surface area contributed by atoms with Crippen molar-refractivity contribution in [1.82, 2.24) is 14.5 Å². The lowest BCUT2D eigenvalue weighted by Gasteiger charge is -2.33. The first-order valence-electron chi connectivity index (χ1n) is 7.78. The van der Waals surface area contributed by atoms with Gasteiger partial charge in [-0.3, -0.25) is 9.69 Å². The van der Waals surface area contributed by atoms with E-state index in [0.29, 0.717) is 6.07 Å². The summed E-state index contributed by atoms with van der Waals surface area (Å²) in [6.07, 6.45) is -4.77. The summed E-state index contributed by atoms with van der Waals surface area (Å²) in [6, 6.07) is 4.25. The van der Waals surface area contributed by atoms with E-state index in [9.17, 15) is 26.4 Å². The van der Waals surface area contributed by atoms with Crippen LogP contribution in [-0.2, 0) is 21.0 Å². The van der Waals surface area contributed by atoms with Crippen molar-refractivity contribution >= 4 is 27.5 Å². The van der Waals surface area contributed by atoms with Crippen LogP contribution in [0.3, 0.4) is 0 Å². The van der Waals surface area contributed by atoms with Gasteiger partial charge in [0.25, 0.3) is 0 Å². The summed E-state index contributed by atoms with van der Waals surface area (Å²) in [5, 5.41) is 10.2. The van der Waals surface area contributed by atoms with Crippen LogP contribution in [0.15, 0.2) is 23.1 Å². The molecule has 7 nitrogen and oxygen atoms in total. The van der Waals surface area contributed by atoms with Crippen molar-refractivity contribution in [3.05, 3.63) is 28.8 Å². The number of carbonyl (C=O) groups is 1. The summed E-state index contributed by atoms with van der Waals surface area (Å²) in [4.78, 5) is 12.8. The van der Waals surface area contributed by atoms with Crippen molar-refractivity contribution in [1.29, 1.82) is 5.26 Å². The molecule has 1 heterocycles. The predicted molar refractivity (Wildman–Crippen MR) is 90.3 cm³/mol. The van der Waals surface area contributed by atoms with Crippen LogP contribution in [0.4, 0.5) is 13.2 Å². The third-order valence-electron chi connectivity index (χ3n) is 3.94. The Bertz CT molecular complexity index is 847. The first-order valence-corrected chi connectivity index (χ1v) is 9.60. The maximum Gasteiger partial charge on any atom is 0.417 e. The standard InChI is InChI=1S/C15H16ClF3N4O3S/c16-13-2-1-11(9-12(13)15(17,18)19)27(25,26)23-7-5-22(6-8-23)10-14(24)21-4-3-20/h1-2,9H,4-8,10H2,(H,21,24). The smallest absolute Gasteiger partial charge is 0.342 e. The van der Waals surface area contributed by atoms with Gasteiger partial charge in [0.1, 0.15) is 6.54 Å². The van der Waals surface area contributed by atoms with E-state index in [1.54, 1.807) is 11.0 Å². The molecule has 1 aliphatic rings. The fraction of sp³-hybridized carbons (Fsp3) is 0.467. The molecule has 0 bridgehead atoms. The van der Waals surface area contributed by atoms with Crippen LogP contribution in [-0.4, -0.2) is 62.8 Å². The number of hydrogen-bond donors (Lipinski definition) is 1. The zero-order valence-corrected chi connectivity index (χ0v) is 15.5. The van der Waals surface area contributed by atoms with Crippen LogP contribution in [0.1, 0.15) is 5.56 Å². The van der Waals surface area contributed by atoms with Crippen LogP contribution in [0.5, 0.6) is 0 Å². The number of rotatable bonds is 5. The first kappa shape index (κ1) is 21.4. The molecule has 0 aromatic heterocycles. The third-order valence-corrected chi connectivity index (χ3v) is 6.17. The molecule has 1 aromatic rings. The van der Waals surface area contributed by atoms with Gasteiger partial charge < -0.3 is 5.32 Å². The minimum absolute atomic E-state index is 0.00867. The zero-order valence-electron chi connectivity index (χ0n) is 14.0. The molecule has 0 saturated carbocycles. The molecule has 0 atom stereocenters. The van der Waals surface area contributed by atoms with Gasteiger partial charge in [-0.25, -0.2) is 8.42 Å². The fourth-order valence-corrected chi connectivity index (χ4v) is 4.23. The van der Waals surface area contributed by atoms with Gasteiger partial charge in [-0.1, -0.05) is 11.6 Å². The second-order valence-corrected chi connectivity index (χ2v) is 8.10. The van der Waals surface area contributed by atoms with Crippen molar-refractivity contribution in [3.8, 4) is 6.07 Å². The minimum atomic E-state index is -4.77. The second-order valence-electron chi connectivity index (χ2n) is 5.75. The summed E-state index contributed by atoms with van der Waals surface area (Å²) in [5.74, 6) is -0.361. The Kier molecular flexibility index (Phi) is 6.69. The van der Waals surface area contributed by atoms with Crippen LogP contribution in [0.2, 0.25) is 5.02 Å². The Morgan fingerprint density at radius 3 is 2.44 bits per heavy atom. The molecule has 0 spiro atoms. The predicted octanol–water partition coefficient (Wildman–Crippen LogP) is 1.30. The van der Waals surface area contributed by atoms with Crippen molar-refractivity contribution in [2.24, 2.45) is 0 Å². The van der Waals surface area contributed by atoms with Crippen molar-refractivity contribution in [2.45, 2.75) is 11.1 Å². The maximum absolute atomic E-state index is 13.0. The largest absolute Gasteiger partial charge is 0.417 e. The molecule has 12 heteroatoms. The van der Waals surface area contributed by atoms with E-state index < -0.39 is 31.7 Å². The van der Waals surface area contributed by atoms with Crippen LogP contribution in [0.25, 0.3) is 0 Å². The molecule has 1 fully saturated rings. The number of nitrogens with one attached hydrogen (secondary N) is 1. The quantitative estimate of drug-likeness (QED) is 0.719. The Hall–Kier alpha value is -1.87. The number of sulfonamides is 1. The lowest BCUT2D eigenvalue weighted by molar-refractivity contribution is -0.137. The number of alkyl halides is 3. The third kappa shape index (κ3) is 5.32. The van der Waals surface area contributed by atoms with Gasteiger partial charge in [0.15, 0.2) is 0 Å². The maximum atomic E-state index is 13.0. The molecule has 0 unspecified atom stereocenters. The Balaban J connectivity index is 2.07. The van der Waals surface area contributed by atoms with Gasteiger partial charge in [-0.15, -0.1) is 0 Å². The highest BCUT2D eigenvalue weighted by molar-refractivity contribution is 7.89. The number of hydrogen-bond acceptors (Lipinski definition) is 5. The molecule has 2 rings (SSSR count). The van der Waals surface area contributed by atoms with Crippen molar-refractivity contribution in [2.75, 3.05) is 39.3 Å². The Labute approximate surface area is 159 Å². The van der Waals surface area contributed by atoms with E-state index >= 15 is 0 Å². The average molecular weight is 425 g/mol. The minimum Gasteiger partial charge on any atom is -0.342 e. The van der Waals surface area contributed by atoms with Crippen LogP contribution < -0.4 is 5.32 Å². The van der Waals surface area contributed by atoms with Gasteiger partial charge in [0.2, 0.25) is 15.9 Å². The molecule has 1 amide bonds. The number of amides is 1. The normalized spacial score (nSPS) is 16.7. The number of nitriles is 1. The van der Waals surface area contributed by atoms with Gasteiger partial charge in [-0.2, -0.15) is 22.7 Å². The highest BCUT2D eigenvalue weighted by Crippen LogP contribution is 2.36. The first-order chi connectivity index (χ1) is 12.6. The molecule has 148 valence electrons. The van der Waals surface area contributed by atoms with E-state index in [1.165, 1.54) is 0 Å². The second kappa shape index (κ2) is 8.43. The number of nitrogens with zero attached hydrogens (tertiary/aromatic N) is 3. The molecular formula is C15H16ClF3N4O3S. The van der Waals surface area contributed by atoms with E-state index in [2.05, 4.69) is 5.32 Å². The lowest BCUT2D eigenvalue weighted by atomic mass is 10.2. The number of benzene rings is 1. The molecule has 1 aromatic carbocycles. The monoisotopic (exact) mass is 424 g/mol. The molecule has 1 aliphatic heterocycles. The van der Waals surface area contributed by atoms with Crippen LogP contribution in [0, 0.1) is 11.3 Å². The summed E-state index contributed by atoms with van der Waals surface area (Å²) >= 11 is 5.53. The van der Waals surface area contributed by atoms with E-state index in [4.69, 9.17) is 16.9 Å². The molecule has 27 heavy (non-hydrogen) atoms. The van der Waals surface area contributed by atoms with E-state index in [0.717, 1.165) is 16.4 Å². The number of piperazine rings is 1. The Morgan fingerprint density at radius 1 is 1.26 bits per heavy atom. The summed E-state index contributed by atoms with van der Waals surface area (Å²) in [7, 11) is -4.12. The van der Waals surface area contributed by atoms with Crippen molar-refractivity contribution < 1.29 is 26.4 Å². The van der Waals surface area contributed by atoms with Gasteiger partial charge in [0.05, 0.1) is 28.1 Å².